The standard InChI is InChI=1S/C11H8N4/c12-15-14-11-3-1-2-10(8-11)9-4-6-13-7-5-9/h1-8H. The Morgan fingerprint density at radius 1 is 1.07 bits per heavy atom. The van der Waals surface area contributed by atoms with Crippen LogP contribution in [-0.4, -0.2) is 4.98 Å². The molecule has 1 aromatic heterocycles. The highest BCUT2D eigenvalue weighted by atomic mass is 15.1. The topological polar surface area (TPSA) is 61.7 Å². The molecule has 4 heteroatoms. The molecule has 1 aromatic carbocycles. The molecular formula is C11H8N4. The summed E-state index contributed by atoms with van der Waals surface area (Å²) in [7, 11) is 0. The monoisotopic (exact) mass is 196 g/mol. The summed E-state index contributed by atoms with van der Waals surface area (Å²) in [5.74, 6) is 0. The zero-order valence-electron chi connectivity index (χ0n) is 7.91. The lowest BCUT2D eigenvalue weighted by molar-refractivity contribution is 1.33. The number of nitrogens with zero attached hydrogens (tertiary/aromatic N) is 4. The van der Waals surface area contributed by atoms with E-state index in [4.69, 9.17) is 5.53 Å². The van der Waals surface area contributed by atoms with Crippen molar-refractivity contribution < 1.29 is 0 Å². The molecule has 0 saturated carbocycles. The van der Waals surface area contributed by atoms with Gasteiger partial charge in [0, 0.05) is 23.0 Å². The van der Waals surface area contributed by atoms with E-state index in [9.17, 15) is 0 Å². The molecule has 0 bridgehead atoms. The maximum Gasteiger partial charge on any atom is 0.0381 e. The van der Waals surface area contributed by atoms with Gasteiger partial charge in [-0.2, -0.15) is 0 Å². The van der Waals surface area contributed by atoms with E-state index >= 15 is 0 Å². The van der Waals surface area contributed by atoms with Crippen LogP contribution in [0.1, 0.15) is 0 Å². The molecule has 2 rings (SSSR count). The SMILES string of the molecule is [N-]=[N+]=Nc1cccc(-c2ccncc2)c1. The number of hydrogen-bond donors (Lipinski definition) is 0. The highest BCUT2D eigenvalue weighted by molar-refractivity contribution is 5.66. The minimum Gasteiger partial charge on any atom is -0.265 e. The predicted molar refractivity (Wildman–Crippen MR) is 58.5 cm³/mol. The first kappa shape index (κ1) is 9.24. The molecule has 0 aliphatic carbocycles. The van der Waals surface area contributed by atoms with E-state index in [1.807, 2.05) is 30.3 Å². The van der Waals surface area contributed by atoms with Crippen LogP contribution in [0.2, 0.25) is 0 Å². The van der Waals surface area contributed by atoms with E-state index in [1.165, 1.54) is 0 Å². The van der Waals surface area contributed by atoms with Gasteiger partial charge >= 0.3 is 0 Å². The van der Waals surface area contributed by atoms with Gasteiger partial charge in [0.05, 0.1) is 0 Å². The van der Waals surface area contributed by atoms with Gasteiger partial charge < -0.3 is 0 Å². The van der Waals surface area contributed by atoms with E-state index in [1.54, 1.807) is 18.5 Å². The fraction of sp³-hybridized carbons (Fsp3) is 0. The Bertz CT molecular complexity index is 501. The summed E-state index contributed by atoms with van der Waals surface area (Å²) in [6, 6.07) is 11.3. The van der Waals surface area contributed by atoms with Crippen molar-refractivity contribution >= 4 is 5.69 Å². The third kappa shape index (κ3) is 2.13. The lowest BCUT2D eigenvalue weighted by Crippen LogP contribution is -1.77. The van der Waals surface area contributed by atoms with Crippen LogP contribution in [0.25, 0.3) is 21.6 Å². The van der Waals surface area contributed by atoms with E-state index in [2.05, 4.69) is 15.0 Å². The zero-order valence-corrected chi connectivity index (χ0v) is 7.91. The summed E-state index contributed by atoms with van der Waals surface area (Å²) >= 11 is 0. The summed E-state index contributed by atoms with van der Waals surface area (Å²) in [6.45, 7) is 0. The number of benzene rings is 1. The van der Waals surface area contributed by atoms with Crippen LogP contribution >= 0.6 is 0 Å². The summed E-state index contributed by atoms with van der Waals surface area (Å²) in [5.41, 5.74) is 11.0. The first-order chi connectivity index (χ1) is 7.40. The maximum absolute atomic E-state index is 8.33. The summed E-state index contributed by atoms with van der Waals surface area (Å²) < 4.78 is 0. The second-order valence-electron chi connectivity index (χ2n) is 2.98. The Balaban J connectivity index is 2.46. The smallest absolute Gasteiger partial charge is 0.0381 e. The number of pyridine rings is 1. The number of rotatable bonds is 2. The molecular weight excluding hydrogens is 188 g/mol. The number of aromatic nitrogens is 1. The van der Waals surface area contributed by atoms with Crippen LogP contribution in [-0.2, 0) is 0 Å². The van der Waals surface area contributed by atoms with Crippen LogP contribution in [0.5, 0.6) is 0 Å². The molecule has 0 amide bonds. The molecule has 0 atom stereocenters. The minimum absolute atomic E-state index is 0.617. The fourth-order valence-corrected chi connectivity index (χ4v) is 1.34. The fourth-order valence-electron chi connectivity index (χ4n) is 1.34. The van der Waals surface area contributed by atoms with Crippen molar-refractivity contribution in [2.75, 3.05) is 0 Å². The Morgan fingerprint density at radius 3 is 2.60 bits per heavy atom. The van der Waals surface area contributed by atoms with Gasteiger partial charge in [0.15, 0.2) is 0 Å². The van der Waals surface area contributed by atoms with Crippen molar-refractivity contribution in [2.45, 2.75) is 0 Å². The predicted octanol–water partition coefficient (Wildman–Crippen LogP) is 3.69. The van der Waals surface area contributed by atoms with Gasteiger partial charge in [0.25, 0.3) is 0 Å². The van der Waals surface area contributed by atoms with Gasteiger partial charge in [-0.1, -0.05) is 23.3 Å². The molecule has 72 valence electrons. The first-order valence-electron chi connectivity index (χ1n) is 4.46. The molecule has 0 spiro atoms. The average Bonchev–Trinajstić information content (AvgIpc) is 2.31. The van der Waals surface area contributed by atoms with Crippen LogP contribution in [0.15, 0.2) is 53.9 Å². The summed E-state index contributed by atoms with van der Waals surface area (Å²) in [5, 5.41) is 3.56. The molecule has 4 nitrogen and oxygen atoms in total. The van der Waals surface area contributed by atoms with Crippen molar-refractivity contribution in [3.8, 4) is 11.1 Å². The van der Waals surface area contributed by atoms with Crippen LogP contribution < -0.4 is 0 Å². The normalized spacial score (nSPS) is 9.33. The van der Waals surface area contributed by atoms with Gasteiger partial charge in [-0.3, -0.25) is 4.98 Å². The van der Waals surface area contributed by atoms with Crippen molar-refractivity contribution in [1.29, 1.82) is 0 Å². The van der Waals surface area contributed by atoms with E-state index in [0.29, 0.717) is 5.69 Å². The second-order valence-corrected chi connectivity index (χ2v) is 2.98. The molecule has 15 heavy (non-hydrogen) atoms. The van der Waals surface area contributed by atoms with Gasteiger partial charge in [0.2, 0.25) is 0 Å². The lowest BCUT2D eigenvalue weighted by atomic mass is 10.1. The molecule has 0 radical (unpaired) electrons. The lowest BCUT2D eigenvalue weighted by Gasteiger charge is -2.01. The molecule has 0 fully saturated rings. The van der Waals surface area contributed by atoms with E-state index in [0.717, 1.165) is 11.1 Å². The van der Waals surface area contributed by atoms with Gasteiger partial charge in [-0.15, -0.1) is 0 Å². The summed E-state index contributed by atoms with van der Waals surface area (Å²) in [6.07, 6.45) is 3.46. The molecule has 0 saturated heterocycles. The highest BCUT2D eigenvalue weighted by Gasteiger charge is 1.96. The van der Waals surface area contributed by atoms with Gasteiger partial charge in [-0.25, -0.2) is 0 Å². The Morgan fingerprint density at radius 2 is 1.87 bits per heavy atom. The largest absolute Gasteiger partial charge is 0.265 e. The molecule has 2 aromatic rings. The maximum atomic E-state index is 8.33. The van der Waals surface area contributed by atoms with Crippen molar-refractivity contribution in [3.05, 3.63) is 59.2 Å². The Kier molecular flexibility index (Phi) is 2.63. The Hall–Kier alpha value is -2.32. The highest BCUT2D eigenvalue weighted by Crippen LogP contribution is 2.23. The van der Waals surface area contributed by atoms with Crippen LogP contribution in [0.4, 0.5) is 5.69 Å². The minimum atomic E-state index is 0.617. The van der Waals surface area contributed by atoms with Crippen molar-refractivity contribution in [3.63, 3.8) is 0 Å². The van der Waals surface area contributed by atoms with Crippen LogP contribution in [0.3, 0.4) is 0 Å². The first-order valence-corrected chi connectivity index (χ1v) is 4.46. The van der Waals surface area contributed by atoms with E-state index < -0.39 is 0 Å². The van der Waals surface area contributed by atoms with Crippen molar-refractivity contribution in [1.82, 2.24) is 4.98 Å². The molecule has 0 N–H and O–H groups in total. The van der Waals surface area contributed by atoms with E-state index in [-0.39, 0.29) is 0 Å². The average molecular weight is 196 g/mol. The van der Waals surface area contributed by atoms with Gasteiger partial charge in [0.1, 0.15) is 0 Å². The van der Waals surface area contributed by atoms with Crippen molar-refractivity contribution in [2.24, 2.45) is 5.11 Å². The second kappa shape index (κ2) is 4.26. The molecule has 0 aliphatic rings. The quantitative estimate of drug-likeness (QED) is 0.410. The third-order valence-corrected chi connectivity index (χ3v) is 2.02. The summed E-state index contributed by atoms with van der Waals surface area (Å²) in [4.78, 5) is 6.70. The molecule has 0 unspecified atom stereocenters. The zero-order chi connectivity index (χ0) is 10.5. The molecule has 1 heterocycles. The van der Waals surface area contributed by atoms with Gasteiger partial charge in [-0.05, 0) is 34.9 Å². The third-order valence-electron chi connectivity index (χ3n) is 2.02. The molecule has 0 aliphatic heterocycles. The Labute approximate surface area is 86.8 Å². The van der Waals surface area contributed by atoms with Crippen LogP contribution in [0, 0.1) is 0 Å². The number of azide groups is 1. The number of hydrogen-bond acceptors (Lipinski definition) is 2.